The Hall–Kier alpha value is -2.06. The fourth-order valence-corrected chi connectivity index (χ4v) is 3.16. The number of imide groups is 1. The van der Waals surface area contributed by atoms with Crippen LogP contribution < -0.4 is 0 Å². The smallest absolute Gasteiger partial charge is 0.266 e. The van der Waals surface area contributed by atoms with E-state index in [4.69, 9.17) is 0 Å². The molecule has 2 aromatic rings. The lowest BCUT2D eigenvalue weighted by atomic mass is 9.90. The number of amides is 2. The van der Waals surface area contributed by atoms with Crippen molar-refractivity contribution in [3.8, 4) is 0 Å². The molecule has 2 aromatic carbocycles. The predicted octanol–water partition coefficient (Wildman–Crippen LogP) is 4.88. The van der Waals surface area contributed by atoms with Crippen molar-refractivity contribution < 1.29 is 27.0 Å². The van der Waals surface area contributed by atoms with Gasteiger partial charge in [0.05, 0.1) is 11.1 Å². The molecule has 0 bridgehead atoms. The summed E-state index contributed by atoms with van der Waals surface area (Å²) in [6, 6.07) is 8.27. The fraction of sp³-hybridized carbons (Fsp3) is 0.294. The van der Waals surface area contributed by atoms with Crippen molar-refractivity contribution in [2.75, 3.05) is 0 Å². The number of hydrogen-bond donors (Lipinski definition) is 0. The molecule has 0 spiro atoms. The minimum Gasteiger partial charge on any atom is -0.266 e. The molecule has 0 atom stereocenters. The highest BCUT2D eigenvalue weighted by molar-refractivity contribution is 7.95. The van der Waals surface area contributed by atoms with Gasteiger partial charge in [0.15, 0.2) is 0 Å². The van der Waals surface area contributed by atoms with Gasteiger partial charge in [0.25, 0.3) is 11.8 Å². The second-order valence-corrected chi connectivity index (χ2v) is 6.39. The number of nitrogens with zero attached hydrogens (tertiary/aromatic N) is 1. The molecule has 0 aliphatic carbocycles. The lowest BCUT2D eigenvalue weighted by Crippen LogP contribution is -2.39. The second-order valence-electron chi connectivity index (χ2n) is 5.61. The molecule has 132 valence electrons. The quantitative estimate of drug-likeness (QED) is 0.557. The second kappa shape index (κ2) is 6.68. The molecule has 25 heavy (non-hydrogen) atoms. The molecule has 1 aliphatic heterocycles. The van der Waals surface area contributed by atoms with E-state index in [2.05, 4.69) is 11.2 Å². The van der Waals surface area contributed by atoms with Gasteiger partial charge in [-0.2, -0.15) is 17.5 Å². The van der Waals surface area contributed by atoms with E-state index < -0.39 is 29.4 Å². The largest absolute Gasteiger partial charge is 0.470 e. The number of alkyl halides is 3. The van der Waals surface area contributed by atoms with Crippen molar-refractivity contribution in [3.63, 3.8) is 0 Å². The molecule has 3 rings (SSSR count). The average molecular weight is 369 g/mol. The highest BCUT2D eigenvalue weighted by Gasteiger charge is 2.39. The number of carbonyl (C=O) groups is 2. The monoisotopic (exact) mass is 369 g/mol. The molecule has 8 heteroatoms. The SMILES string of the molecule is CCCCc1ccc2c3c(cccc13)C(=O)N(OSC(F)(F)F)C2=O. The molecule has 0 saturated heterocycles. The average Bonchev–Trinajstić information content (AvgIpc) is 2.57. The van der Waals surface area contributed by atoms with E-state index in [1.165, 1.54) is 6.07 Å². The maximum absolute atomic E-state index is 12.5. The molecule has 4 nitrogen and oxygen atoms in total. The highest BCUT2D eigenvalue weighted by atomic mass is 32.2. The molecule has 1 aliphatic rings. The van der Waals surface area contributed by atoms with Gasteiger partial charge >= 0.3 is 5.51 Å². The Balaban J connectivity index is 2.06. The molecule has 2 amide bonds. The molecule has 0 radical (unpaired) electrons. The molecule has 0 saturated carbocycles. The van der Waals surface area contributed by atoms with Gasteiger partial charge in [-0.1, -0.05) is 31.5 Å². The van der Waals surface area contributed by atoms with Gasteiger partial charge in [0.1, 0.15) is 12.0 Å². The van der Waals surface area contributed by atoms with Crippen molar-refractivity contribution in [2.45, 2.75) is 31.7 Å². The molecule has 0 unspecified atom stereocenters. The summed E-state index contributed by atoms with van der Waals surface area (Å²) in [5.74, 6) is -1.79. The topological polar surface area (TPSA) is 46.6 Å². The van der Waals surface area contributed by atoms with Crippen LogP contribution in [-0.4, -0.2) is 22.4 Å². The Kier molecular flexibility index (Phi) is 4.75. The summed E-state index contributed by atoms with van der Waals surface area (Å²) >= 11 is -0.890. The normalized spacial score (nSPS) is 14.5. The van der Waals surface area contributed by atoms with Crippen LogP contribution in [0, 0.1) is 0 Å². The van der Waals surface area contributed by atoms with Gasteiger partial charge in [-0.15, -0.1) is 5.06 Å². The Morgan fingerprint density at radius 3 is 2.40 bits per heavy atom. The van der Waals surface area contributed by atoms with Crippen LogP contribution in [0.4, 0.5) is 13.2 Å². The third kappa shape index (κ3) is 3.36. The van der Waals surface area contributed by atoms with Gasteiger partial charge in [-0.3, -0.25) is 9.59 Å². The Morgan fingerprint density at radius 1 is 1.08 bits per heavy atom. The van der Waals surface area contributed by atoms with Crippen molar-refractivity contribution in [1.29, 1.82) is 0 Å². The van der Waals surface area contributed by atoms with Gasteiger partial charge in [0, 0.05) is 5.39 Å². The van der Waals surface area contributed by atoms with E-state index in [1.54, 1.807) is 18.2 Å². The lowest BCUT2D eigenvalue weighted by Gasteiger charge is -2.26. The lowest BCUT2D eigenvalue weighted by molar-refractivity contribution is -0.0570. The first kappa shape index (κ1) is 17.8. The van der Waals surface area contributed by atoms with E-state index >= 15 is 0 Å². The first-order valence-electron chi connectivity index (χ1n) is 7.69. The Labute approximate surface area is 146 Å². The summed E-state index contributed by atoms with van der Waals surface area (Å²) < 4.78 is 41.4. The van der Waals surface area contributed by atoms with Crippen molar-refractivity contribution in [1.82, 2.24) is 5.06 Å². The van der Waals surface area contributed by atoms with Crippen LogP contribution in [0.15, 0.2) is 30.3 Å². The fourth-order valence-electron chi connectivity index (χ4n) is 2.87. The van der Waals surface area contributed by atoms with Crippen LogP contribution in [0.2, 0.25) is 0 Å². The number of benzene rings is 2. The summed E-state index contributed by atoms with van der Waals surface area (Å²) in [7, 11) is 0. The van der Waals surface area contributed by atoms with E-state index in [9.17, 15) is 22.8 Å². The number of halogens is 3. The van der Waals surface area contributed by atoms with Crippen LogP contribution in [0.3, 0.4) is 0 Å². The Bertz CT molecular complexity index is 829. The van der Waals surface area contributed by atoms with Gasteiger partial charge < -0.3 is 0 Å². The maximum Gasteiger partial charge on any atom is 0.470 e. The first-order valence-corrected chi connectivity index (χ1v) is 8.43. The minimum absolute atomic E-state index is 0.160. The summed E-state index contributed by atoms with van der Waals surface area (Å²) in [6.45, 7) is 2.06. The zero-order valence-corrected chi connectivity index (χ0v) is 14.0. The molecule has 0 aromatic heterocycles. The van der Waals surface area contributed by atoms with Crippen LogP contribution in [-0.2, 0) is 10.7 Å². The third-order valence-corrected chi connectivity index (χ3v) is 4.38. The van der Waals surface area contributed by atoms with Gasteiger partial charge in [-0.25, -0.2) is 0 Å². The summed E-state index contributed by atoms with van der Waals surface area (Å²) in [5, 5.41) is 1.41. The standard InChI is InChI=1S/C17H14F3NO3S/c1-2-3-5-10-8-9-13-14-11(10)6-4-7-12(14)15(22)21(16(13)23)24-25-17(18,19)20/h4,6-9H,2-3,5H2,1H3. The van der Waals surface area contributed by atoms with Crippen molar-refractivity contribution in [3.05, 3.63) is 47.0 Å². The van der Waals surface area contributed by atoms with E-state index in [1.807, 2.05) is 6.07 Å². The third-order valence-electron chi connectivity index (χ3n) is 3.97. The van der Waals surface area contributed by atoms with E-state index in [-0.39, 0.29) is 16.2 Å². The van der Waals surface area contributed by atoms with Gasteiger partial charge in [0.2, 0.25) is 0 Å². The zero-order chi connectivity index (χ0) is 18.2. The molecule has 0 fully saturated rings. The van der Waals surface area contributed by atoms with Crippen LogP contribution >= 0.6 is 12.0 Å². The number of carbonyl (C=O) groups excluding carboxylic acids is 2. The van der Waals surface area contributed by atoms with Crippen LogP contribution in [0.1, 0.15) is 46.0 Å². The van der Waals surface area contributed by atoms with E-state index in [0.717, 1.165) is 30.2 Å². The molecule has 0 N–H and O–H groups in total. The maximum atomic E-state index is 12.5. The van der Waals surface area contributed by atoms with E-state index in [0.29, 0.717) is 5.39 Å². The highest BCUT2D eigenvalue weighted by Crippen LogP contribution is 2.37. The molecule has 1 heterocycles. The number of hydroxylamine groups is 2. The predicted molar refractivity (Wildman–Crippen MR) is 87.8 cm³/mol. The summed E-state index contributed by atoms with van der Waals surface area (Å²) in [5.41, 5.74) is -3.40. The first-order chi connectivity index (χ1) is 11.8. The molecular formula is C17H14F3NO3S. The van der Waals surface area contributed by atoms with Crippen molar-refractivity contribution in [2.24, 2.45) is 0 Å². The summed E-state index contributed by atoms with van der Waals surface area (Å²) in [4.78, 5) is 24.9. The number of rotatable bonds is 5. The van der Waals surface area contributed by atoms with Crippen LogP contribution in [0.25, 0.3) is 10.8 Å². The number of hydrogen-bond acceptors (Lipinski definition) is 4. The minimum atomic E-state index is -4.73. The Morgan fingerprint density at radius 2 is 1.76 bits per heavy atom. The number of unbranched alkanes of at least 4 members (excludes halogenated alkanes) is 1. The van der Waals surface area contributed by atoms with Gasteiger partial charge in [-0.05, 0) is 35.9 Å². The summed E-state index contributed by atoms with van der Waals surface area (Å²) in [6.07, 6.45) is 2.75. The van der Waals surface area contributed by atoms with Crippen molar-refractivity contribution >= 4 is 34.6 Å². The number of aryl methyl sites for hydroxylation is 1. The van der Waals surface area contributed by atoms with Crippen LogP contribution in [0.5, 0.6) is 0 Å². The zero-order valence-electron chi connectivity index (χ0n) is 13.2. The molecular weight excluding hydrogens is 355 g/mol.